The monoisotopic (exact) mass is 490 g/mol. The molecule has 0 fully saturated rings. The Labute approximate surface area is 209 Å². The maximum Gasteiger partial charge on any atom is 0.160 e. The number of nitrogens with one attached hydrogen (secondary N) is 2. The number of aldehydes is 1. The van der Waals surface area contributed by atoms with Crippen molar-refractivity contribution in [2.24, 2.45) is 0 Å². The lowest BCUT2D eigenvalue weighted by Crippen LogP contribution is -2.27. The first kappa shape index (κ1) is 26.0. The van der Waals surface area contributed by atoms with Crippen LogP contribution in [0.4, 0.5) is 5.69 Å². The van der Waals surface area contributed by atoms with E-state index in [2.05, 4.69) is 16.3 Å². The van der Waals surface area contributed by atoms with Gasteiger partial charge in [-0.3, -0.25) is 9.78 Å². The molecule has 0 bridgehead atoms. The zero-order chi connectivity index (χ0) is 25.0. The number of anilines is 1. The van der Waals surface area contributed by atoms with Gasteiger partial charge in [-0.15, -0.1) is 0 Å². The number of nitrogens with zero attached hydrogens (tertiary/aromatic N) is 2. The molecule has 0 aliphatic carbocycles. The van der Waals surface area contributed by atoms with Gasteiger partial charge < -0.3 is 15.0 Å². The maximum atomic E-state index is 12.9. The van der Waals surface area contributed by atoms with Crippen LogP contribution in [-0.4, -0.2) is 35.3 Å². The first-order valence-corrected chi connectivity index (χ1v) is 12.4. The molecule has 0 aliphatic rings. The highest BCUT2D eigenvalue weighted by molar-refractivity contribution is 7.83. The van der Waals surface area contributed by atoms with Gasteiger partial charge in [0.05, 0.1) is 10.6 Å². The van der Waals surface area contributed by atoms with Crippen molar-refractivity contribution in [3.63, 3.8) is 0 Å². The number of carbonyl (C=O) groups is 1. The third-order valence-electron chi connectivity index (χ3n) is 5.30. The molecule has 3 aromatic rings. The van der Waals surface area contributed by atoms with Gasteiger partial charge in [-0.25, -0.2) is 8.93 Å². The molecule has 7 nitrogen and oxygen atoms in total. The predicted molar refractivity (Wildman–Crippen MR) is 141 cm³/mol. The van der Waals surface area contributed by atoms with Crippen LogP contribution < -0.4 is 14.4 Å². The quantitative estimate of drug-likeness (QED) is 0.194. The van der Waals surface area contributed by atoms with Crippen LogP contribution in [0, 0.1) is 5.41 Å². The van der Waals surface area contributed by atoms with Crippen molar-refractivity contribution in [3.05, 3.63) is 95.8 Å². The SMILES string of the molecule is C=C(CCC=N)CN(Cc1cccnc1)c1cc(C=O)cc(S(=O)NC)c1OCc1ccccc1. The Hall–Kier alpha value is -3.62. The van der Waals surface area contributed by atoms with Crippen molar-refractivity contribution < 1.29 is 13.7 Å². The van der Waals surface area contributed by atoms with E-state index in [-0.39, 0.29) is 6.61 Å². The highest BCUT2D eigenvalue weighted by Gasteiger charge is 2.22. The van der Waals surface area contributed by atoms with E-state index < -0.39 is 11.0 Å². The van der Waals surface area contributed by atoms with Crippen LogP contribution in [-0.2, 0) is 24.1 Å². The minimum absolute atomic E-state index is 0.275. The van der Waals surface area contributed by atoms with Crippen LogP contribution in [0.5, 0.6) is 5.75 Å². The van der Waals surface area contributed by atoms with E-state index in [1.165, 1.54) is 6.21 Å². The third-order valence-corrected chi connectivity index (χ3v) is 6.37. The Morgan fingerprint density at radius 3 is 2.63 bits per heavy atom. The van der Waals surface area contributed by atoms with Crippen LogP contribution in [0.2, 0.25) is 0 Å². The molecule has 2 aromatic carbocycles. The van der Waals surface area contributed by atoms with Gasteiger partial charge in [0.2, 0.25) is 0 Å². The summed E-state index contributed by atoms with van der Waals surface area (Å²) in [5, 5.41) is 7.35. The fraction of sp³-hybridized carbons (Fsp3) is 0.222. The van der Waals surface area contributed by atoms with Gasteiger partial charge in [0.1, 0.15) is 23.9 Å². The smallest absolute Gasteiger partial charge is 0.160 e. The van der Waals surface area contributed by atoms with Gasteiger partial charge in [-0.05, 0) is 55.4 Å². The van der Waals surface area contributed by atoms with E-state index >= 15 is 0 Å². The molecule has 182 valence electrons. The van der Waals surface area contributed by atoms with E-state index in [4.69, 9.17) is 10.1 Å². The molecule has 0 spiro atoms. The van der Waals surface area contributed by atoms with Crippen molar-refractivity contribution in [1.82, 2.24) is 9.71 Å². The lowest BCUT2D eigenvalue weighted by Gasteiger charge is -2.29. The summed E-state index contributed by atoms with van der Waals surface area (Å²) >= 11 is 0. The Balaban J connectivity index is 2.09. The molecule has 8 heteroatoms. The predicted octanol–water partition coefficient (Wildman–Crippen LogP) is 4.71. The highest BCUT2D eigenvalue weighted by Crippen LogP contribution is 2.37. The minimum atomic E-state index is -1.59. The molecular weight excluding hydrogens is 460 g/mol. The van der Waals surface area contributed by atoms with Crippen molar-refractivity contribution in [1.29, 1.82) is 5.41 Å². The summed E-state index contributed by atoms with van der Waals surface area (Å²) in [6.07, 6.45) is 6.87. The van der Waals surface area contributed by atoms with E-state index in [1.807, 2.05) is 47.4 Å². The summed E-state index contributed by atoms with van der Waals surface area (Å²) in [6.45, 7) is 5.42. The van der Waals surface area contributed by atoms with Gasteiger partial charge >= 0.3 is 0 Å². The zero-order valence-corrected chi connectivity index (χ0v) is 20.6. The lowest BCUT2D eigenvalue weighted by atomic mass is 10.1. The maximum absolute atomic E-state index is 12.9. The summed E-state index contributed by atoms with van der Waals surface area (Å²) in [5.74, 6) is 0.441. The Kier molecular flexibility index (Phi) is 9.89. The lowest BCUT2D eigenvalue weighted by molar-refractivity contribution is 0.112. The summed E-state index contributed by atoms with van der Waals surface area (Å²) in [7, 11) is 0.00659. The fourth-order valence-electron chi connectivity index (χ4n) is 3.60. The van der Waals surface area contributed by atoms with E-state index in [1.54, 1.807) is 31.6 Å². The summed E-state index contributed by atoms with van der Waals surface area (Å²) in [4.78, 5) is 18.5. The Morgan fingerprint density at radius 2 is 1.97 bits per heavy atom. The van der Waals surface area contributed by atoms with Crippen molar-refractivity contribution in [3.8, 4) is 5.75 Å². The van der Waals surface area contributed by atoms with Crippen LogP contribution >= 0.6 is 0 Å². The second-order valence-corrected chi connectivity index (χ2v) is 9.33. The largest absolute Gasteiger partial charge is 0.485 e. The number of aromatic nitrogens is 1. The average molecular weight is 491 g/mol. The van der Waals surface area contributed by atoms with Gasteiger partial charge in [0.25, 0.3) is 0 Å². The van der Waals surface area contributed by atoms with Gasteiger partial charge in [0.15, 0.2) is 5.75 Å². The van der Waals surface area contributed by atoms with Crippen LogP contribution in [0.15, 0.2) is 84.0 Å². The van der Waals surface area contributed by atoms with Crippen LogP contribution in [0.25, 0.3) is 0 Å². The number of hydrogen-bond acceptors (Lipinski definition) is 6. The zero-order valence-electron chi connectivity index (χ0n) is 19.8. The molecule has 1 heterocycles. The topological polar surface area (TPSA) is 95.4 Å². The summed E-state index contributed by atoms with van der Waals surface area (Å²) < 4.78 is 22.0. The van der Waals surface area contributed by atoms with Gasteiger partial charge in [0, 0.05) is 31.0 Å². The molecule has 0 saturated carbocycles. The van der Waals surface area contributed by atoms with Crippen molar-refractivity contribution in [2.45, 2.75) is 30.9 Å². The second kappa shape index (κ2) is 13.3. The molecule has 1 unspecified atom stereocenters. The number of hydrogen-bond donors (Lipinski definition) is 2. The van der Waals surface area contributed by atoms with Crippen LogP contribution in [0.3, 0.4) is 0 Å². The Morgan fingerprint density at radius 1 is 1.20 bits per heavy atom. The fourth-order valence-corrected chi connectivity index (χ4v) is 4.39. The molecule has 0 aliphatic heterocycles. The normalized spacial score (nSPS) is 11.5. The van der Waals surface area contributed by atoms with Gasteiger partial charge in [-0.1, -0.05) is 48.6 Å². The van der Waals surface area contributed by atoms with Crippen molar-refractivity contribution >= 4 is 29.2 Å². The minimum Gasteiger partial charge on any atom is -0.485 e. The Bertz CT molecular complexity index is 1170. The van der Waals surface area contributed by atoms with E-state index in [0.717, 1.165) is 23.0 Å². The molecule has 35 heavy (non-hydrogen) atoms. The number of benzene rings is 2. The molecule has 3 rings (SSSR count). The number of carbonyl (C=O) groups excluding carboxylic acids is 1. The number of rotatable bonds is 14. The van der Waals surface area contributed by atoms with Gasteiger partial charge in [-0.2, -0.15) is 0 Å². The third kappa shape index (κ3) is 7.43. The molecule has 1 atom stereocenters. The molecule has 0 radical (unpaired) electrons. The first-order chi connectivity index (χ1) is 17.0. The number of pyridine rings is 1. The first-order valence-electron chi connectivity index (χ1n) is 11.2. The average Bonchev–Trinajstić information content (AvgIpc) is 2.90. The van der Waals surface area contributed by atoms with Crippen LogP contribution in [0.1, 0.15) is 34.3 Å². The van der Waals surface area contributed by atoms with E-state index in [9.17, 15) is 9.00 Å². The second-order valence-electron chi connectivity index (χ2n) is 7.94. The summed E-state index contributed by atoms with van der Waals surface area (Å²) in [5.41, 5.74) is 3.90. The summed E-state index contributed by atoms with van der Waals surface area (Å²) in [6, 6.07) is 16.9. The molecule has 1 aromatic heterocycles. The standard InChI is InChI=1S/C27H30N4O3S/c1-21(8-6-12-28)17-31(18-23-11-7-13-30-16-23)25-14-24(19-32)15-26(35(33)29-2)27(25)34-20-22-9-4-3-5-10-22/h3-5,7,9-16,19,28-29H,1,6,8,17-18,20H2,2H3. The highest BCUT2D eigenvalue weighted by atomic mass is 32.2. The molecular formula is C27H30N4O3S. The molecule has 2 N–H and O–H groups in total. The van der Waals surface area contributed by atoms with Crippen molar-refractivity contribution in [2.75, 3.05) is 18.5 Å². The molecule has 0 amide bonds. The number of ether oxygens (including phenoxy) is 1. The molecule has 0 saturated heterocycles. The van der Waals surface area contributed by atoms with E-state index in [0.29, 0.717) is 47.8 Å².